The molecule has 3 aromatic rings. The van der Waals surface area contributed by atoms with Crippen LogP contribution in [0.4, 0.5) is 0 Å². The molecule has 0 bridgehead atoms. The summed E-state index contributed by atoms with van der Waals surface area (Å²) in [4.78, 5) is 11.8. The van der Waals surface area contributed by atoms with Crippen LogP contribution in [0.15, 0.2) is 35.0 Å². The Bertz CT molecular complexity index is 924. The SMILES string of the molecule is Cc1cc(CC(=O)NCCSCc2cn(-c3ccc(C)c(Cl)c3)nn2)on1. The maximum Gasteiger partial charge on any atom is 0.227 e. The molecule has 7 nitrogen and oxygen atoms in total. The van der Waals surface area contributed by atoms with E-state index in [1.807, 2.05) is 38.2 Å². The van der Waals surface area contributed by atoms with Crippen LogP contribution < -0.4 is 5.32 Å². The lowest BCUT2D eigenvalue weighted by Gasteiger charge is -2.03. The van der Waals surface area contributed by atoms with E-state index in [1.165, 1.54) is 0 Å². The Morgan fingerprint density at radius 2 is 2.19 bits per heavy atom. The van der Waals surface area contributed by atoms with Crippen molar-refractivity contribution < 1.29 is 9.32 Å². The van der Waals surface area contributed by atoms with Crippen LogP contribution in [-0.2, 0) is 17.0 Å². The Morgan fingerprint density at radius 1 is 1.33 bits per heavy atom. The van der Waals surface area contributed by atoms with Crippen molar-refractivity contribution in [3.8, 4) is 5.69 Å². The predicted molar refractivity (Wildman–Crippen MR) is 105 cm³/mol. The Kier molecular flexibility index (Phi) is 6.52. The zero-order chi connectivity index (χ0) is 19.2. The summed E-state index contributed by atoms with van der Waals surface area (Å²) in [7, 11) is 0. The minimum absolute atomic E-state index is 0.0751. The average Bonchev–Trinajstić information content (AvgIpc) is 3.26. The lowest BCUT2D eigenvalue weighted by molar-refractivity contribution is -0.120. The van der Waals surface area contributed by atoms with E-state index in [9.17, 15) is 4.79 Å². The number of hydrogen-bond acceptors (Lipinski definition) is 6. The van der Waals surface area contributed by atoms with E-state index in [-0.39, 0.29) is 12.3 Å². The number of aromatic nitrogens is 4. The standard InChI is InChI=1S/C18H20ClN5O2S/c1-12-3-4-15(8-17(12)19)24-10-14(21-23-24)11-27-6-5-20-18(25)9-16-7-13(2)22-26-16/h3-4,7-8,10H,5-6,9,11H2,1-2H3,(H,20,25). The first-order valence-electron chi connectivity index (χ1n) is 8.45. The van der Waals surface area contributed by atoms with Gasteiger partial charge in [0.1, 0.15) is 5.76 Å². The number of nitrogens with zero attached hydrogens (tertiary/aromatic N) is 4. The molecule has 0 radical (unpaired) electrons. The number of aryl methyl sites for hydroxylation is 2. The number of carbonyl (C=O) groups excluding carboxylic acids is 1. The highest BCUT2D eigenvalue weighted by molar-refractivity contribution is 7.98. The van der Waals surface area contributed by atoms with E-state index in [0.29, 0.717) is 17.3 Å². The number of amides is 1. The van der Waals surface area contributed by atoms with Gasteiger partial charge in [0.2, 0.25) is 5.91 Å². The molecular formula is C18H20ClN5O2S. The summed E-state index contributed by atoms with van der Waals surface area (Å²) in [6.45, 7) is 4.37. The molecule has 2 heterocycles. The van der Waals surface area contributed by atoms with E-state index in [2.05, 4.69) is 20.8 Å². The maximum atomic E-state index is 11.8. The maximum absolute atomic E-state index is 11.8. The first-order valence-corrected chi connectivity index (χ1v) is 9.99. The first kappa shape index (κ1) is 19.4. The highest BCUT2D eigenvalue weighted by Gasteiger charge is 2.08. The number of nitrogens with one attached hydrogen (secondary N) is 1. The van der Waals surface area contributed by atoms with Gasteiger partial charge in [0.05, 0.1) is 29.7 Å². The van der Waals surface area contributed by atoms with Gasteiger partial charge in [-0.05, 0) is 31.5 Å². The van der Waals surface area contributed by atoms with Crippen LogP contribution in [0.3, 0.4) is 0 Å². The third-order valence-corrected chi connectivity index (χ3v) is 5.19. The molecule has 0 spiro atoms. The molecule has 1 N–H and O–H groups in total. The summed E-state index contributed by atoms with van der Waals surface area (Å²) in [5.74, 6) is 2.00. The molecule has 9 heteroatoms. The highest BCUT2D eigenvalue weighted by Crippen LogP contribution is 2.19. The molecule has 0 unspecified atom stereocenters. The Morgan fingerprint density at radius 3 is 2.93 bits per heavy atom. The summed E-state index contributed by atoms with van der Waals surface area (Å²) < 4.78 is 6.74. The van der Waals surface area contributed by atoms with Gasteiger partial charge in [-0.25, -0.2) is 4.68 Å². The fourth-order valence-corrected chi connectivity index (χ4v) is 3.28. The number of rotatable bonds is 8. The van der Waals surface area contributed by atoms with Crippen molar-refractivity contribution >= 4 is 29.3 Å². The monoisotopic (exact) mass is 405 g/mol. The van der Waals surface area contributed by atoms with Crippen molar-refractivity contribution in [3.63, 3.8) is 0 Å². The van der Waals surface area contributed by atoms with E-state index in [4.69, 9.17) is 16.1 Å². The molecule has 1 amide bonds. The van der Waals surface area contributed by atoms with Gasteiger partial charge in [-0.2, -0.15) is 11.8 Å². The van der Waals surface area contributed by atoms with Crippen LogP contribution in [0, 0.1) is 13.8 Å². The molecule has 0 saturated carbocycles. The third kappa shape index (κ3) is 5.58. The predicted octanol–water partition coefficient (Wildman–Crippen LogP) is 3.12. The normalized spacial score (nSPS) is 10.9. The van der Waals surface area contributed by atoms with Crippen LogP contribution >= 0.6 is 23.4 Å². The van der Waals surface area contributed by atoms with Gasteiger partial charge < -0.3 is 9.84 Å². The van der Waals surface area contributed by atoms with Crippen molar-refractivity contribution in [2.24, 2.45) is 0 Å². The largest absolute Gasteiger partial charge is 0.361 e. The van der Waals surface area contributed by atoms with Gasteiger partial charge in [0, 0.05) is 29.1 Å². The second-order valence-electron chi connectivity index (χ2n) is 6.10. The zero-order valence-corrected chi connectivity index (χ0v) is 16.7. The molecule has 0 aliphatic heterocycles. The average molecular weight is 406 g/mol. The van der Waals surface area contributed by atoms with Crippen LogP contribution in [0.2, 0.25) is 5.02 Å². The quantitative estimate of drug-likeness (QED) is 0.579. The number of benzene rings is 1. The molecule has 3 rings (SSSR count). The fourth-order valence-electron chi connectivity index (χ4n) is 2.37. The zero-order valence-electron chi connectivity index (χ0n) is 15.1. The van der Waals surface area contributed by atoms with Gasteiger partial charge in [-0.1, -0.05) is 28.0 Å². The van der Waals surface area contributed by atoms with Crippen LogP contribution in [0.25, 0.3) is 5.69 Å². The molecule has 0 aliphatic carbocycles. The molecule has 142 valence electrons. The Hall–Kier alpha value is -2.32. The molecule has 0 atom stereocenters. The van der Waals surface area contributed by atoms with Crippen molar-refractivity contribution in [2.75, 3.05) is 12.3 Å². The number of carbonyl (C=O) groups is 1. The van der Waals surface area contributed by atoms with Gasteiger partial charge in [-0.3, -0.25) is 4.79 Å². The topological polar surface area (TPSA) is 85.8 Å². The van der Waals surface area contributed by atoms with Gasteiger partial charge in [0.25, 0.3) is 0 Å². The van der Waals surface area contributed by atoms with Crippen LogP contribution in [-0.4, -0.2) is 38.4 Å². The van der Waals surface area contributed by atoms with Gasteiger partial charge >= 0.3 is 0 Å². The van der Waals surface area contributed by atoms with Gasteiger partial charge in [-0.15, -0.1) is 5.10 Å². The number of halogens is 1. The smallest absolute Gasteiger partial charge is 0.227 e. The number of hydrogen-bond donors (Lipinski definition) is 1. The summed E-state index contributed by atoms with van der Waals surface area (Å²) in [5.41, 5.74) is 3.55. The van der Waals surface area contributed by atoms with Crippen molar-refractivity contribution in [2.45, 2.75) is 26.0 Å². The van der Waals surface area contributed by atoms with E-state index >= 15 is 0 Å². The minimum atomic E-state index is -0.0751. The van der Waals surface area contributed by atoms with Crippen molar-refractivity contribution in [1.29, 1.82) is 0 Å². The first-order chi connectivity index (χ1) is 13.0. The molecule has 27 heavy (non-hydrogen) atoms. The molecular weight excluding hydrogens is 386 g/mol. The van der Waals surface area contributed by atoms with Crippen molar-refractivity contribution in [1.82, 2.24) is 25.5 Å². The summed E-state index contributed by atoms with van der Waals surface area (Å²) >= 11 is 7.84. The summed E-state index contributed by atoms with van der Waals surface area (Å²) in [6.07, 6.45) is 2.09. The molecule has 1 aromatic carbocycles. The van der Waals surface area contributed by atoms with E-state index in [1.54, 1.807) is 22.5 Å². The van der Waals surface area contributed by atoms with E-state index < -0.39 is 0 Å². The highest BCUT2D eigenvalue weighted by atomic mass is 35.5. The summed E-state index contributed by atoms with van der Waals surface area (Å²) in [5, 5.41) is 15.7. The Balaban J connectivity index is 1.39. The fraction of sp³-hybridized carbons (Fsp3) is 0.333. The third-order valence-electron chi connectivity index (χ3n) is 3.79. The molecule has 0 aliphatic rings. The van der Waals surface area contributed by atoms with Gasteiger partial charge in [0.15, 0.2) is 0 Å². The second kappa shape index (κ2) is 9.05. The number of thioether (sulfide) groups is 1. The molecule has 0 fully saturated rings. The van der Waals surface area contributed by atoms with Crippen LogP contribution in [0.1, 0.15) is 22.7 Å². The second-order valence-corrected chi connectivity index (χ2v) is 7.61. The molecule has 2 aromatic heterocycles. The minimum Gasteiger partial charge on any atom is -0.361 e. The van der Waals surface area contributed by atoms with E-state index in [0.717, 1.165) is 34.1 Å². The Labute approximate surface area is 166 Å². The lowest BCUT2D eigenvalue weighted by Crippen LogP contribution is -2.27. The van der Waals surface area contributed by atoms with Crippen molar-refractivity contribution in [3.05, 3.63) is 58.2 Å². The van der Waals surface area contributed by atoms with Crippen LogP contribution in [0.5, 0.6) is 0 Å². The lowest BCUT2D eigenvalue weighted by atomic mass is 10.2. The molecule has 0 saturated heterocycles. The summed E-state index contributed by atoms with van der Waals surface area (Å²) in [6, 6.07) is 7.54.